The van der Waals surface area contributed by atoms with Crippen molar-refractivity contribution in [2.75, 3.05) is 13.2 Å². The lowest BCUT2D eigenvalue weighted by Gasteiger charge is -2.21. The fourth-order valence-electron chi connectivity index (χ4n) is 1.55. The summed E-state index contributed by atoms with van der Waals surface area (Å²) < 4.78 is 18.6. The van der Waals surface area contributed by atoms with E-state index in [1.54, 1.807) is 18.2 Å². The van der Waals surface area contributed by atoms with Gasteiger partial charge in [-0.2, -0.15) is 0 Å². The van der Waals surface area contributed by atoms with Crippen molar-refractivity contribution in [3.05, 3.63) is 30.1 Å². The molecule has 0 aliphatic heterocycles. The maximum atomic E-state index is 13.2. The summed E-state index contributed by atoms with van der Waals surface area (Å²) >= 11 is 0. The fourth-order valence-corrected chi connectivity index (χ4v) is 1.55. The lowest BCUT2D eigenvalue weighted by atomic mass is 9.87. The molecular weight excluding hydrogens is 217 g/mol. The molecule has 0 saturated carbocycles. The van der Waals surface area contributed by atoms with Crippen LogP contribution in [0.25, 0.3) is 0 Å². The van der Waals surface area contributed by atoms with E-state index in [-0.39, 0.29) is 11.2 Å². The summed E-state index contributed by atoms with van der Waals surface area (Å²) in [5, 5.41) is 0. The van der Waals surface area contributed by atoms with Crippen LogP contribution in [-0.2, 0) is 0 Å². The molecule has 0 fully saturated rings. The first-order chi connectivity index (χ1) is 8.05. The number of ether oxygens (including phenoxy) is 1. The predicted molar refractivity (Wildman–Crippen MR) is 68.6 cm³/mol. The quantitative estimate of drug-likeness (QED) is 0.740. The Hall–Kier alpha value is -1.09. The van der Waals surface area contributed by atoms with Crippen molar-refractivity contribution in [1.29, 1.82) is 0 Å². The van der Waals surface area contributed by atoms with Gasteiger partial charge in [0.25, 0.3) is 0 Å². The van der Waals surface area contributed by atoms with Crippen molar-refractivity contribution >= 4 is 0 Å². The Kier molecular flexibility index (Phi) is 5.42. The molecule has 96 valence electrons. The molecule has 0 heterocycles. The number of hydrogen-bond donors (Lipinski definition) is 1. The minimum Gasteiger partial charge on any atom is -0.491 e. The van der Waals surface area contributed by atoms with E-state index in [0.717, 1.165) is 19.3 Å². The molecule has 1 aromatic carbocycles. The maximum Gasteiger partial charge on any atom is 0.165 e. The number of nitrogens with two attached hydrogens (primary N) is 1. The van der Waals surface area contributed by atoms with Crippen LogP contribution in [0.5, 0.6) is 5.75 Å². The van der Waals surface area contributed by atoms with E-state index < -0.39 is 0 Å². The molecule has 1 aromatic rings. The van der Waals surface area contributed by atoms with Gasteiger partial charge in [-0.15, -0.1) is 0 Å². The van der Waals surface area contributed by atoms with Gasteiger partial charge in [0.2, 0.25) is 0 Å². The SMILES string of the molecule is CC(C)(CN)CCCCOc1ccccc1F. The molecule has 17 heavy (non-hydrogen) atoms. The van der Waals surface area contributed by atoms with E-state index in [1.807, 2.05) is 0 Å². The van der Waals surface area contributed by atoms with Crippen LogP contribution in [-0.4, -0.2) is 13.2 Å². The molecule has 0 aliphatic carbocycles. The van der Waals surface area contributed by atoms with Gasteiger partial charge in [0, 0.05) is 0 Å². The maximum absolute atomic E-state index is 13.2. The van der Waals surface area contributed by atoms with Gasteiger partial charge >= 0.3 is 0 Å². The molecule has 2 N–H and O–H groups in total. The lowest BCUT2D eigenvalue weighted by molar-refractivity contribution is 0.270. The van der Waals surface area contributed by atoms with Crippen LogP contribution in [0.3, 0.4) is 0 Å². The van der Waals surface area contributed by atoms with E-state index in [4.69, 9.17) is 10.5 Å². The van der Waals surface area contributed by atoms with Gasteiger partial charge < -0.3 is 10.5 Å². The summed E-state index contributed by atoms with van der Waals surface area (Å²) in [6.07, 6.45) is 3.06. The third kappa shape index (κ3) is 5.18. The van der Waals surface area contributed by atoms with Gasteiger partial charge in [-0.3, -0.25) is 0 Å². The van der Waals surface area contributed by atoms with Gasteiger partial charge in [-0.05, 0) is 43.4 Å². The van der Waals surface area contributed by atoms with Gasteiger partial charge in [0.15, 0.2) is 11.6 Å². The third-order valence-electron chi connectivity index (χ3n) is 2.89. The zero-order valence-corrected chi connectivity index (χ0v) is 10.7. The van der Waals surface area contributed by atoms with Crippen LogP contribution in [0.15, 0.2) is 24.3 Å². The van der Waals surface area contributed by atoms with Crippen molar-refractivity contribution in [3.63, 3.8) is 0 Å². The van der Waals surface area contributed by atoms with Crippen LogP contribution < -0.4 is 10.5 Å². The minimum absolute atomic E-state index is 0.192. The Balaban J connectivity index is 2.19. The van der Waals surface area contributed by atoms with E-state index in [2.05, 4.69) is 13.8 Å². The molecule has 0 aliphatic rings. The number of unbranched alkanes of at least 4 members (excludes halogenated alkanes) is 1. The van der Waals surface area contributed by atoms with E-state index in [9.17, 15) is 4.39 Å². The smallest absolute Gasteiger partial charge is 0.165 e. The Morgan fingerprint density at radius 3 is 2.59 bits per heavy atom. The topological polar surface area (TPSA) is 35.2 Å². The molecule has 0 unspecified atom stereocenters. The second-order valence-electron chi connectivity index (χ2n) is 5.10. The summed E-state index contributed by atoms with van der Waals surface area (Å²) in [5.74, 6) is 0.0420. The summed E-state index contributed by atoms with van der Waals surface area (Å²) in [6, 6.07) is 6.49. The molecule has 1 rings (SSSR count). The first kappa shape index (κ1) is 14.0. The molecule has 0 spiro atoms. The largest absolute Gasteiger partial charge is 0.491 e. The normalized spacial score (nSPS) is 11.5. The number of hydrogen-bond acceptors (Lipinski definition) is 2. The summed E-state index contributed by atoms with van der Waals surface area (Å²) in [6.45, 7) is 5.57. The van der Waals surface area contributed by atoms with E-state index >= 15 is 0 Å². The molecule has 0 amide bonds. The molecule has 0 atom stereocenters. The third-order valence-corrected chi connectivity index (χ3v) is 2.89. The highest BCUT2D eigenvalue weighted by molar-refractivity contribution is 5.23. The Morgan fingerprint density at radius 2 is 1.94 bits per heavy atom. The standard InChI is InChI=1S/C14H22FNO/c1-14(2,11-16)9-5-6-10-17-13-8-4-3-7-12(13)15/h3-4,7-8H,5-6,9-11,16H2,1-2H3. The number of halogens is 1. The molecule has 0 saturated heterocycles. The highest BCUT2D eigenvalue weighted by Crippen LogP contribution is 2.21. The summed E-state index contributed by atoms with van der Waals surface area (Å²) in [4.78, 5) is 0. The molecule has 0 bridgehead atoms. The van der Waals surface area contributed by atoms with Gasteiger partial charge in [0.1, 0.15) is 0 Å². The van der Waals surface area contributed by atoms with Crippen molar-refractivity contribution < 1.29 is 9.13 Å². The second kappa shape index (κ2) is 6.60. The average Bonchev–Trinajstić information content (AvgIpc) is 2.31. The van der Waals surface area contributed by atoms with Crippen molar-refractivity contribution in [2.45, 2.75) is 33.1 Å². The zero-order valence-electron chi connectivity index (χ0n) is 10.7. The molecule has 3 heteroatoms. The Labute approximate surface area is 103 Å². The molecule has 2 nitrogen and oxygen atoms in total. The molecule has 0 aromatic heterocycles. The molecular formula is C14H22FNO. The predicted octanol–water partition coefficient (Wildman–Crippen LogP) is 3.36. The van der Waals surface area contributed by atoms with Crippen LogP contribution >= 0.6 is 0 Å². The van der Waals surface area contributed by atoms with Crippen molar-refractivity contribution in [1.82, 2.24) is 0 Å². The number of rotatable bonds is 7. The zero-order chi connectivity index (χ0) is 12.7. The summed E-state index contributed by atoms with van der Waals surface area (Å²) in [7, 11) is 0. The molecule has 0 radical (unpaired) electrons. The van der Waals surface area contributed by atoms with Crippen molar-refractivity contribution in [2.24, 2.45) is 11.1 Å². The minimum atomic E-state index is -0.296. The first-order valence-corrected chi connectivity index (χ1v) is 6.12. The van der Waals surface area contributed by atoms with Crippen LogP contribution in [0.4, 0.5) is 4.39 Å². The van der Waals surface area contributed by atoms with Crippen LogP contribution in [0.1, 0.15) is 33.1 Å². The monoisotopic (exact) mass is 239 g/mol. The second-order valence-corrected chi connectivity index (χ2v) is 5.10. The van der Waals surface area contributed by atoms with E-state index in [1.165, 1.54) is 6.07 Å². The van der Waals surface area contributed by atoms with Crippen LogP contribution in [0, 0.1) is 11.2 Å². The Morgan fingerprint density at radius 1 is 1.24 bits per heavy atom. The fraction of sp³-hybridized carbons (Fsp3) is 0.571. The van der Waals surface area contributed by atoms with Gasteiger partial charge in [0.05, 0.1) is 6.61 Å². The lowest BCUT2D eigenvalue weighted by Crippen LogP contribution is -2.23. The van der Waals surface area contributed by atoms with Crippen LogP contribution in [0.2, 0.25) is 0 Å². The van der Waals surface area contributed by atoms with Gasteiger partial charge in [-0.25, -0.2) is 4.39 Å². The Bertz CT molecular complexity index is 339. The number of para-hydroxylation sites is 1. The van der Waals surface area contributed by atoms with E-state index in [0.29, 0.717) is 18.9 Å². The van der Waals surface area contributed by atoms with Gasteiger partial charge in [-0.1, -0.05) is 26.0 Å². The highest BCUT2D eigenvalue weighted by Gasteiger charge is 2.14. The average molecular weight is 239 g/mol. The van der Waals surface area contributed by atoms with Crippen molar-refractivity contribution in [3.8, 4) is 5.75 Å². The summed E-state index contributed by atoms with van der Waals surface area (Å²) in [5.41, 5.74) is 5.84. The first-order valence-electron chi connectivity index (χ1n) is 6.12. The highest BCUT2D eigenvalue weighted by atomic mass is 19.1. The number of benzene rings is 1.